The second-order valence-electron chi connectivity index (χ2n) is 5.32. The van der Waals surface area contributed by atoms with Crippen LogP contribution in [-0.2, 0) is 6.54 Å². The highest BCUT2D eigenvalue weighted by Gasteiger charge is 2.09. The van der Waals surface area contributed by atoms with Crippen molar-refractivity contribution in [2.45, 2.75) is 6.54 Å². The van der Waals surface area contributed by atoms with Crippen molar-refractivity contribution < 1.29 is 4.74 Å². The summed E-state index contributed by atoms with van der Waals surface area (Å²) in [4.78, 5) is 0. The van der Waals surface area contributed by atoms with Crippen LogP contribution < -0.4 is 15.4 Å². The molecule has 7 heteroatoms. The maximum atomic E-state index is 6.25. The van der Waals surface area contributed by atoms with Crippen LogP contribution in [0.5, 0.6) is 5.75 Å². The summed E-state index contributed by atoms with van der Waals surface area (Å²) in [5.41, 5.74) is 1.96. The Balaban J connectivity index is 1.65. The summed E-state index contributed by atoms with van der Waals surface area (Å²) in [7, 11) is 1.62. The van der Waals surface area contributed by atoms with Gasteiger partial charge >= 0.3 is 0 Å². The Morgan fingerprint density at radius 1 is 1.16 bits per heavy atom. The Bertz CT molecular complexity index is 867. The number of hydrogen-bond acceptors (Lipinski definition) is 3. The first-order valence-electron chi connectivity index (χ1n) is 7.63. The molecule has 0 saturated heterocycles. The van der Waals surface area contributed by atoms with E-state index in [1.807, 2.05) is 54.6 Å². The highest BCUT2D eigenvalue weighted by molar-refractivity contribution is 7.80. The number of benzene rings is 2. The molecule has 1 aromatic heterocycles. The lowest BCUT2D eigenvalue weighted by Gasteiger charge is -2.10. The normalized spacial score (nSPS) is 10.3. The van der Waals surface area contributed by atoms with E-state index in [0.29, 0.717) is 22.5 Å². The molecule has 1 heterocycles. The maximum Gasteiger partial charge on any atom is 0.176 e. The Kier molecular flexibility index (Phi) is 5.53. The first-order chi connectivity index (χ1) is 12.1. The van der Waals surface area contributed by atoms with Crippen molar-refractivity contribution in [1.82, 2.24) is 9.78 Å². The van der Waals surface area contributed by atoms with Crippen LogP contribution >= 0.6 is 23.8 Å². The van der Waals surface area contributed by atoms with Crippen molar-refractivity contribution in [3.63, 3.8) is 0 Å². The Morgan fingerprint density at radius 2 is 1.96 bits per heavy atom. The van der Waals surface area contributed by atoms with Gasteiger partial charge < -0.3 is 15.4 Å². The molecule has 0 aliphatic rings. The van der Waals surface area contributed by atoms with Crippen LogP contribution in [0.15, 0.2) is 60.8 Å². The monoisotopic (exact) mass is 372 g/mol. The molecule has 2 aromatic carbocycles. The molecule has 0 aliphatic carbocycles. The molecule has 0 amide bonds. The second-order valence-corrected chi connectivity index (χ2v) is 6.14. The van der Waals surface area contributed by atoms with Crippen molar-refractivity contribution >= 4 is 40.4 Å². The van der Waals surface area contributed by atoms with Gasteiger partial charge in [0, 0.05) is 18.0 Å². The number of nitrogens with one attached hydrogen (secondary N) is 2. The average Bonchev–Trinajstić information content (AvgIpc) is 2.95. The summed E-state index contributed by atoms with van der Waals surface area (Å²) >= 11 is 11.6. The summed E-state index contributed by atoms with van der Waals surface area (Å²) < 4.78 is 6.97. The quantitative estimate of drug-likeness (QED) is 0.650. The van der Waals surface area contributed by atoms with E-state index in [-0.39, 0.29) is 0 Å². The Hall–Kier alpha value is -2.57. The van der Waals surface area contributed by atoms with Crippen LogP contribution in [0.1, 0.15) is 5.56 Å². The van der Waals surface area contributed by atoms with Crippen molar-refractivity contribution in [1.29, 1.82) is 0 Å². The number of halogens is 1. The van der Waals surface area contributed by atoms with E-state index in [1.165, 1.54) is 0 Å². The lowest BCUT2D eigenvalue weighted by molar-refractivity contribution is 0.415. The molecule has 128 valence electrons. The number of methoxy groups -OCH3 is 1. The van der Waals surface area contributed by atoms with E-state index in [1.54, 1.807) is 18.0 Å². The largest absolute Gasteiger partial charge is 0.497 e. The predicted molar refractivity (Wildman–Crippen MR) is 106 cm³/mol. The highest BCUT2D eigenvalue weighted by atomic mass is 35.5. The molecule has 2 N–H and O–H groups in total. The van der Waals surface area contributed by atoms with Gasteiger partial charge in [0.05, 0.1) is 13.7 Å². The Labute approximate surface area is 156 Å². The van der Waals surface area contributed by atoms with Gasteiger partial charge in [0.1, 0.15) is 10.8 Å². The van der Waals surface area contributed by atoms with Gasteiger partial charge in [-0.15, -0.1) is 0 Å². The second kappa shape index (κ2) is 8.00. The molecular formula is C18H17ClN4OS. The maximum absolute atomic E-state index is 6.25. The fourth-order valence-corrected chi connectivity index (χ4v) is 2.72. The number of ether oxygens (including phenoxy) is 1. The Morgan fingerprint density at radius 3 is 2.72 bits per heavy atom. The van der Waals surface area contributed by atoms with Crippen LogP contribution in [0.4, 0.5) is 11.5 Å². The molecule has 0 atom stereocenters. The van der Waals surface area contributed by atoms with Gasteiger partial charge in [-0.3, -0.25) is 4.68 Å². The lowest BCUT2D eigenvalue weighted by atomic mass is 10.2. The molecule has 3 aromatic rings. The lowest BCUT2D eigenvalue weighted by Crippen LogP contribution is -2.19. The molecule has 0 radical (unpaired) electrons. The fourth-order valence-electron chi connectivity index (χ4n) is 2.30. The van der Waals surface area contributed by atoms with Crippen molar-refractivity contribution in [3.05, 3.63) is 71.4 Å². The van der Waals surface area contributed by atoms with E-state index in [2.05, 4.69) is 15.7 Å². The SMILES string of the molecule is COc1cccc(NC(=S)Nc2nn(Cc3ccccc3)cc2Cl)c1. The summed E-state index contributed by atoms with van der Waals surface area (Å²) in [5.74, 6) is 1.26. The van der Waals surface area contributed by atoms with Gasteiger partial charge in [-0.1, -0.05) is 48.0 Å². The van der Waals surface area contributed by atoms with Gasteiger partial charge in [-0.05, 0) is 29.9 Å². The molecule has 5 nitrogen and oxygen atoms in total. The summed E-state index contributed by atoms with van der Waals surface area (Å²) in [6.45, 7) is 0.637. The van der Waals surface area contributed by atoms with E-state index < -0.39 is 0 Å². The molecule has 3 rings (SSSR count). The van der Waals surface area contributed by atoms with Gasteiger partial charge in [-0.25, -0.2) is 0 Å². The van der Waals surface area contributed by atoms with Crippen LogP contribution in [0.2, 0.25) is 5.02 Å². The number of aromatic nitrogens is 2. The van der Waals surface area contributed by atoms with Crippen LogP contribution in [0.25, 0.3) is 0 Å². The summed E-state index contributed by atoms with van der Waals surface area (Å²) in [6, 6.07) is 17.5. The zero-order valence-corrected chi connectivity index (χ0v) is 15.1. The third-order valence-corrected chi connectivity index (χ3v) is 3.94. The standard InChI is InChI=1S/C18H17ClN4OS/c1-24-15-9-5-8-14(10-15)20-18(25)21-17-16(19)12-23(22-17)11-13-6-3-2-4-7-13/h2-10,12H,11H2,1H3,(H2,20,21,22,25). The van der Waals surface area contributed by atoms with E-state index >= 15 is 0 Å². The minimum Gasteiger partial charge on any atom is -0.497 e. The van der Waals surface area contributed by atoms with Crippen molar-refractivity contribution in [3.8, 4) is 5.75 Å². The third-order valence-electron chi connectivity index (χ3n) is 3.46. The summed E-state index contributed by atoms with van der Waals surface area (Å²) in [5, 5.41) is 11.5. The van der Waals surface area contributed by atoms with E-state index in [4.69, 9.17) is 28.6 Å². The molecule has 0 spiro atoms. The molecule has 0 aliphatic heterocycles. The van der Waals surface area contributed by atoms with E-state index in [9.17, 15) is 0 Å². The predicted octanol–water partition coefficient (Wildman–Crippen LogP) is 4.40. The molecule has 0 saturated carbocycles. The molecule has 25 heavy (non-hydrogen) atoms. The first-order valence-corrected chi connectivity index (χ1v) is 8.41. The number of rotatable bonds is 5. The minimum absolute atomic E-state index is 0.403. The number of anilines is 2. The van der Waals surface area contributed by atoms with Crippen LogP contribution in [0, 0.1) is 0 Å². The molecule has 0 bridgehead atoms. The summed E-state index contributed by atoms with van der Waals surface area (Å²) in [6.07, 6.45) is 1.77. The fraction of sp³-hybridized carbons (Fsp3) is 0.111. The first kappa shape index (κ1) is 17.3. The van der Waals surface area contributed by atoms with Gasteiger partial charge in [0.15, 0.2) is 10.9 Å². The van der Waals surface area contributed by atoms with Crippen LogP contribution in [-0.4, -0.2) is 22.0 Å². The molecular weight excluding hydrogens is 356 g/mol. The van der Waals surface area contributed by atoms with Crippen molar-refractivity contribution in [2.24, 2.45) is 0 Å². The smallest absolute Gasteiger partial charge is 0.176 e. The number of thiocarbonyl (C=S) groups is 1. The van der Waals surface area contributed by atoms with Gasteiger partial charge in [0.2, 0.25) is 0 Å². The topological polar surface area (TPSA) is 51.1 Å². The minimum atomic E-state index is 0.403. The van der Waals surface area contributed by atoms with Crippen LogP contribution in [0.3, 0.4) is 0 Å². The molecule has 0 fully saturated rings. The zero-order valence-electron chi connectivity index (χ0n) is 13.6. The van der Waals surface area contributed by atoms with Gasteiger partial charge in [-0.2, -0.15) is 5.10 Å². The third kappa shape index (κ3) is 4.71. The van der Waals surface area contributed by atoms with E-state index in [0.717, 1.165) is 17.0 Å². The average molecular weight is 373 g/mol. The molecule has 0 unspecified atom stereocenters. The van der Waals surface area contributed by atoms with Crippen molar-refractivity contribution in [2.75, 3.05) is 17.7 Å². The zero-order chi connectivity index (χ0) is 17.6. The highest BCUT2D eigenvalue weighted by Crippen LogP contribution is 2.21. The number of nitrogens with zero attached hydrogens (tertiary/aromatic N) is 2. The van der Waals surface area contributed by atoms with Gasteiger partial charge in [0.25, 0.3) is 0 Å². The number of hydrogen-bond donors (Lipinski definition) is 2.